The Kier molecular flexibility index (Phi) is 4.99. The molecule has 2 fully saturated rings. The number of ether oxygens (including phenoxy) is 1. The van der Waals surface area contributed by atoms with Gasteiger partial charge >= 0.3 is 6.01 Å². The van der Waals surface area contributed by atoms with Crippen molar-refractivity contribution in [3.05, 3.63) is 41.2 Å². The van der Waals surface area contributed by atoms with Crippen molar-refractivity contribution in [1.82, 2.24) is 25.3 Å². The van der Waals surface area contributed by atoms with Crippen LogP contribution in [0, 0.1) is 12.8 Å². The highest BCUT2D eigenvalue weighted by Gasteiger charge is 2.36. The normalized spacial score (nSPS) is 20.4. The SMILES string of the molecule is CNc1cc(Cl)cc2c1[nH]c1nc(Oc3ccc(C)nc3)nc(N3CC4NCCC[C@@H]4C3)c12. The lowest BCUT2D eigenvalue weighted by Crippen LogP contribution is -2.40. The standard InChI is InChI=1S/C24H26ClN7O/c1-13-5-6-16(10-28-13)33-24-30-22-20(17-8-15(25)9-18(26-2)21(17)29-22)23(31-24)32-11-14-4-3-7-27-19(14)12-32/h5-6,8-10,14,19,26-27H,3-4,7,11-12H2,1-2H3,(H,29,30,31)/t14-,19?/m1/s1. The quantitative estimate of drug-likeness (QED) is 0.410. The van der Waals surface area contributed by atoms with Gasteiger partial charge in [-0.1, -0.05) is 11.6 Å². The molecule has 0 radical (unpaired) electrons. The second-order valence-corrected chi connectivity index (χ2v) is 9.35. The molecule has 0 amide bonds. The van der Waals surface area contributed by atoms with Gasteiger partial charge in [0.25, 0.3) is 0 Å². The van der Waals surface area contributed by atoms with Crippen LogP contribution in [0.5, 0.6) is 11.8 Å². The van der Waals surface area contributed by atoms with Gasteiger partial charge in [-0.05, 0) is 56.5 Å². The molecule has 1 unspecified atom stereocenters. The van der Waals surface area contributed by atoms with Crippen LogP contribution in [0.1, 0.15) is 18.5 Å². The molecule has 2 aliphatic rings. The number of nitrogens with zero attached hydrogens (tertiary/aromatic N) is 4. The van der Waals surface area contributed by atoms with E-state index in [2.05, 4.69) is 25.5 Å². The average molecular weight is 464 g/mol. The summed E-state index contributed by atoms with van der Waals surface area (Å²) in [4.78, 5) is 19.8. The van der Waals surface area contributed by atoms with Crippen molar-refractivity contribution in [3.63, 3.8) is 0 Å². The summed E-state index contributed by atoms with van der Waals surface area (Å²) in [6, 6.07) is 8.47. The fourth-order valence-electron chi connectivity index (χ4n) is 5.14. The van der Waals surface area contributed by atoms with E-state index in [1.807, 2.05) is 38.2 Å². The molecule has 9 heteroatoms. The Labute approximate surface area is 196 Å². The minimum absolute atomic E-state index is 0.301. The van der Waals surface area contributed by atoms with E-state index in [4.69, 9.17) is 26.3 Å². The first-order chi connectivity index (χ1) is 16.1. The number of nitrogens with one attached hydrogen (secondary N) is 3. The highest BCUT2D eigenvalue weighted by molar-refractivity contribution is 6.32. The van der Waals surface area contributed by atoms with Gasteiger partial charge in [-0.3, -0.25) is 4.98 Å². The molecule has 0 bridgehead atoms. The molecule has 2 aliphatic heterocycles. The van der Waals surface area contributed by atoms with Crippen molar-refractivity contribution >= 4 is 45.0 Å². The predicted molar refractivity (Wildman–Crippen MR) is 132 cm³/mol. The predicted octanol–water partition coefficient (Wildman–Crippen LogP) is 4.49. The Morgan fingerprint density at radius 3 is 2.91 bits per heavy atom. The summed E-state index contributed by atoms with van der Waals surface area (Å²) in [5, 5.41) is 9.56. The molecule has 1 aromatic carbocycles. The van der Waals surface area contributed by atoms with Crippen LogP contribution >= 0.6 is 11.6 Å². The average Bonchev–Trinajstić information content (AvgIpc) is 3.41. The Balaban J connectivity index is 1.52. The maximum Gasteiger partial charge on any atom is 0.326 e. The van der Waals surface area contributed by atoms with Gasteiger partial charge in [-0.15, -0.1) is 0 Å². The molecule has 6 rings (SSSR count). The zero-order valence-corrected chi connectivity index (χ0v) is 19.4. The number of aromatic nitrogens is 4. The molecular weight excluding hydrogens is 438 g/mol. The lowest BCUT2D eigenvalue weighted by molar-refractivity contribution is 0.340. The fraction of sp³-hybridized carbons (Fsp3) is 0.375. The summed E-state index contributed by atoms with van der Waals surface area (Å²) >= 11 is 6.47. The van der Waals surface area contributed by atoms with Crippen molar-refractivity contribution in [1.29, 1.82) is 0 Å². The molecule has 8 nitrogen and oxygen atoms in total. The number of aryl methyl sites for hydroxylation is 1. The Morgan fingerprint density at radius 2 is 2.12 bits per heavy atom. The number of fused-ring (bicyclic) bond motifs is 4. The Hall–Kier alpha value is -3.10. The highest BCUT2D eigenvalue weighted by Crippen LogP contribution is 2.40. The van der Waals surface area contributed by atoms with Gasteiger partial charge < -0.3 is 25.3 Å². The van der Waals surface area contributed by atoms with E-state index in [1.54, 1.807) is 6.20 Å². The summed E-state index contributed by atoms with van der Waals surface area (Å²) in [5.41, 5.74) is 3.53. The van der Waals surface area contributed by atoms with Gasteiger partial charge in [0, 0.05) is 42.3 Å². The van der Waals surface area contributed by atoms with E-state index in [9.17, 15) is 0 Å². The summed E-state index contributed by atoms with van der Waals surface area (Å²) in [7, 11) is 1.89. The number of piperidine rings is 1. The zero-order chi connectivity index (χ0) is 22.5. The van der Waals surface area contributed by atoms with Crippen molar-refractivity contribution in [2.24, 2.45) is 5.92 Å². The topological polar surface area (TPSA) is 91.0 Å². The smallest absolute Gasteiger partial charge is 0.326 e. The maximum absolute atomic E-state index is 6.47. The summed E-state index contributed by atoms with van der Waals surface area (Å²) in [6.07, 6.45) is 4.16. The van der Waals surface area contributed by atoms with Crippen molar-refractivity contribution in [3.8, 4) is 11.8 Å². The lowest BCUT2D eigenvalue weighted by atomic mass is 9.94. The first-order valence-corrected chi connectivity index (χ1v) is 11.8. The summed E-state index contributed by atoms with van der Waals surface area (Å²) < 4.78 is 6.05. The van der Waals surface area contributed by atoms with Gasteiger partial charge in [0.05, 0.1) is 22.8 Å². The van der Waals surface area contributed by atoms with Crippen LogP contribution < -0.4 is 20.3 Å². The third-order valence-corrected chi connectivity index (χ3v) is 6.96. The summed E-state index contributed by atoms with van der Waals surface area (Å²) in [5.74, 6) is 2.11. The molecule has 2 atom stereocenters. The number of H-pyrrole nitrogens is 1. The number of halogens is 1. The van der Waals surface area contributed by atoms with E-state index in [0.717, 1.165) is 58.8 Å². The van der Waals surface area contributed by atoms with E-state index in [-0.39, 0.29) is 0 Å². The van der Waals surface area contributed by atoms with Gasteiger partial charge in [-0.25, -0.2) is 0 Å². The minimum Gasteiger partial charge on any atom is -0.423 e. The number of hydrogen-bond acceptors (Lipinski definition) is 7. The number of pyridine rings is 1. The van der Waals surface area contributed by atoms with Gasteiger partial charge in [0.2, 0.25) is 0 Å². The second-order valence-electron chi connectivity index (χ2n) is 8.91. The molecule has 170 valence electrons. The van der Waals surface area contributed by atoms with Crippen LogP contribution in [0.4, 0.5) is 11.5 Å². The van der Waals surface area contributed by atoms with E-state index < -0.39 is 0 Å². The number of aromatic amines is 1. The molecule has 2 saturated heterocycles. The van der Waals surface area contributed by atoms with Crippen LogP contribution in [-0.2, 0) is 0 Å². The Bertz CT molecular complexity index is 1320. The first-order valence-electron chi connectivity index (χ1n) is 11.4. The molecule has 5 heterocycles. The molecule has 4 aromatic rings. The summed E-state index contributed by atoms with van der Waals surface area (Å²) in [6.45, 7) is 4.90. The third kappa shape index (κ3) is 3.63. The Morgan fingerprint density at radius 1 is 1.21 bits per heavy atom. The van der Waals surface area contributed by atoms with Crippen molar-refractivity contribution in [2.45, 2.75) is 25.8 Å². The molecule has 33 heavy (non-hydrogen) atoms. The third-order valence-electron chi connectivity index (χ3n) is 6.75. The van der Waals surface area contributed by atoms with Crippen LogP contribution in [0.2, 0.25) is 5.02 Å². The van der Waals surface area contributed by atoms with Crippen LogP contribution in [0.15, 0.2) is 30.5 Å². The molecule has 3 N–H and O–H groups in total. The molecule has 0 spiro atoms. The van der Waals surface area contributed by atoms with E-state index in [0.29, 0.717) is 28.7 Å². The fourth-order valence-corrected chi connectivity index (χ4v) is 5.35. The van der Waals surface area contributed by atoms with Crippen LogP contribution in [-0.4, -0.2) is 52.7 Å². The van der Waals surface area contributed by atoms with E-state index >= 15 is 0 Å². The highest BCUT2D eigenvalue weighted by atomic mass is 35.5. The molecule has 0 aliphatic carbocycles. The molecular formula is C24H26ClN7O. The second kappa shape index (κ2) is 8.04. The lowest BCUT2D eigenvalue weighted by Gasteiger charge is -2.24. The van der Waals surface area contributed by atoms with Gasteiger partial charge in [0.1, 0.15) is 17.2 Å². The van der Waals surface area contributed by atoms with Crippen LogP contribution in [0.3, 0.4) is 0 Å². The van der Waals surface area contributed by atoms with Crippen molar-refractivity contribution < 1.29 is 4.74 Å². The molecule has 0 saturated carbocycles. The zero-order valence-electron chi connectivity index (χ0n) is 18.7. The minimum atomic E-state index is 0.301. The monoisotopic (exact) mass is 463 g/mol. The van der Waals surface area contributed by atoms with Gasteiger partial charge in [-0.2, -0.15) is 9.97 Å². The number of rotatable bonds is 4. The van der Waals surface area contributed by atoms with E-state index in [1.165, 1.54) is 12.8 Å². The number of anilines is 2. The number of benzene rings is 1. The largest absolute Gasteiger partial charge is 0.423 e. The maximum atomic E-state index is 6.47. The van der Waals surface area contributed by atoms with Crippen LogP contribution in [0.25, 0.3) is 21.9 Å². The van der Waals surface area contributed by atoms with Crippen molar-refractivity contribution in [2.75, 3.05) is 36.9 Å². The van der Waals surface area contributed by atoms with Gasteiger partial charge in [0.15, 0.2) is 0 Å². The first kappa shape index (κ1) is 20.5. The number of hydrogen-bond donors (Lipinski definition) is 3. The molecule has 3 aromatic heterocycles.